The van der Waals surface area contributed by atoms with Crippen LogP contribution < -0.4 is 11.1 Å². The number of fused-ring (bicyclic) bond motifs is 3. The van der Waals surface area contributed by atoms with Crippen LogP contribution in [-0.2, 0) is 11.3 Å². The van der Waals surface area contributed by atoms with E-state index in [4.69, 9.17) is 0 Å². The van der Waals surface area contributed by atoms with Crippen LogP contribution in [0.15, 0.2) is 52.2 Å². The van der Waals surface area contributed by atoms with Gasteiger partial charge in [0.25, 0.3) is 11.1 Å². The molecule has 1 unspecified atom stereocenters. The standard InChI is InChI=1S/C33H42N4O4/c38-30(39)22-35-19-11-16-27(32(35)40)31-33(41)37(29-18-9-8-17-28(29)34-31)26-20-24-14-10-15-25(21-26)36(24)23-12-6-4-2-1-3-5-7-13-23/h8-9,11,16-19,23-26H,1-7,10,12-15,20-22H2,(H,38,39)/t24-,25+,26?. The summed E-state index contributed by atoms with van der Waals surface area (Å²) in [5, 5.41) is 9.27. The predicted octanol–water partition coefficient (Wildman–Crippen LogP) is 5.76. The largest absolute Gasteiger partial charge is 0.480 e. The summed E-state index contributed by atoms with van der Waals surface area (Å²) in [4.78, 5) is 46.4. The van der Waals surface area contributed by atoms with Crippen molar-refractivity contribution in [3.8, 4) is 11.3 Å². The lowest BCUT2D eigenvalue weighted by molar-refractivity contribution is -0.137. The van der Waals surface area contributed by atoms with Crippen molar-refractivity contribution in [1.82, 2.24) is 19.0 Å². The van der Waals surface area contributed by atoms with Gasteiger partial charge in [-0.1, -0.05) is 63.5 Å². The second kappa shape index (κ2) is 12.3. The molecule has 4 heterocycles. The monoisotopic (exact) mass is 558 g/mol. The Labute approximate surface area is 241 Å². The first kappa shape index (κ1) is 27.9. The third-order valence-corrected chi connectivity index (χ3v) is 9.74. The molecule has 1 aromatic carbocycles. The van der Waals surface area contributed by atoms with Gasteiger partial charge >= 0.3 is 5.97 Å². The third kappa shape index (κ3) is 5.76. The summed E-state index contributed by atoms with van der Waals surface area (Å²) < 4.78 is 3.04. The van der Waals surface area contributed by atoms with Crippen molar-refractivity contribution in [2.45, 2.75) is 121 Å². The fraction of sp³-hybridized carbons (Fsp3) is 0.576. The van der Waals surface area contributed by atoms with Crippen molar-refractivity contribution < 1.29 is 9.90 Å². The second-order valence-electron chi connectivity index (χ2n) is 12.4. The summed E-state index contributed by atoms with van der Waals surface area (Å²) >= 11 is 0. The molecule has 0 spiro atoms. The van der Waals surface area contributed by atoms with E-state index in [1.54, 1.807) is 12.1 Å². The van der Waals surface area contributed by atoms with Gasteiger partial charge in [0.05, 0.1) is 16.6 Å². The first-order chi connectivity index (χ1) is 20.0. The number of rotatable bonds is 5. The van der Waals surface area contributed by atoms with Crippen LogP contribution in [0.2, 0.25) is 0 Å². The molecule has 1 saturated carbocycles. The van der Waals surface area contributed by atoms with Gasteiger partial charge in [-0.15, -0.1) is 0 Å². The zero-order valence-electron chi connectivity index (χ0n) is 23.9. The number of para-hydroxylation sites is 2. The van der Waals surface area contributed by atoms with Gasteiger partial charge in [0.1, 0.15) is 12.2 Å². The Morgan fingerprint density at radius 1 is 0.756 bits per heavy atom. The van der Waals surface area contributed by atoms with Gasteiger partial charge in [0.2, 0.25) is 0 Å². The molecular formula is C33H42N4O4. The Balaban J connectivity index is 1.37. The van der Waals surface area contributed by atoms with Crippen molar-refractivity contribution in [2.24, 2.45) is 0 Å². The van der Waals surface area contributed by atoms with Crippen LogP contribution in [0.3, 0.4) is 0 Å². The van der Waals surface area contributed by atoms with Gasteiger partial charge in [-0.2, -0.15) is 0 Å². The fourth-order valence-electron chi connectivity index (χ4n) is 7.96. The average Bonchev–Trinajstić information content (AvgIpc) is 2.96. The quantitative estimate of drug-likeness (QED) is 0.428. The van der Waals surface area contributed by atoms with Gasteiger partial charge in [0, 0.05) is 30.4 Å². The molecule has 218 valence electrons. The highest BCUT2D eigenvalue weighted by molar-refractivity contribution is 5.78. The number of benzene rings is 1. The minimum atomic E-state index is -1.11. The Morgan fingerprint density at radius 2 is 1.39 bits per heavy atom. The van der Waals surface area contributed by atoms with Crippen LogP contribution in [0.25, 0.3) is 22.3 Å². The molecule has 41 heavy (non-hydrogen) atoms. The molecule has 2 aliphatic heterocycles. The van der Waals surface area contributed by atoms with E-state index in [0.29, 0.717) is 23.6 Å². The Hall–Kier alpha value is -3.26. The first-order valence-electron chi connectivity index (χ1n) is 15.7. The van der Waals surface area contributed by atoms with Crippen LogP contribution in [-0.4, -0.2) is 48.2 Å². The minimum Gasteiger partial charge on any atom is -0.480 e. The van der Waals surface area contributed by atoms with E-state index in [1.165, 1.54) is 83.2 Å². The van der Waals surface area contributed by atoms with Gasteiger partial charge in [-0.05, 0) is 62.8 Å². The number of pyridine rings is 1. The lowest BCUT2D eigenvalue weighted by Crippen LogP contribution is -2.57. The third-order valence-electron chi connectivity index (χ3n) is 9.74. The van der Waals surface area contributed by atoms with Gasteiger partial charge < -0.3 is 14.2 Å². The molecule has 3 atom stereocenters. The minimum absolute atomic E-state index is 0.0326. The lowest BCUT2D eigenvalue weighted by Gasteiger charge is -2.53. The number of hydrogen-bond acceptors (Lipinski definition) is 5. The van der Waals surface area contributed by atoms with E-state index >= 15 is 0 Å². The maximum absolute atomic E-state index is 14.2. The van der Waals surface area contributed by atoms with E-state index in [-0.39, 0.29) is 22.9 Å². The molecule has 1 aliphatic carbocycles. The summed E-state index contributed by atoms with van der Waals surface area (Å²) in [6.45, 7) is -0.461. The number of piperidine rings is 2. The zero-order valence-corrected chi connectivity index (χ0v) is 23.9. The Kier molecular flexibility index (Phi) is 8.37. The van der Waals surface area contributed by atoms with Crippen LogP contribution in [0.5, 0.6) is 0 Å². The van der Waals surface area contributed by atoms with Crippen LogP contribution in [0, 0.1) is 0 Å². The highest BCUT2D eigenvalue weighted by Gasteiger charge is 2.42. The molecule has 0 amide bonds. The molecular weight excluding hydrogens is 516 g/mol. The highest BCUT2D eigenvalue weighted by Crippen LogP contribution is 2.42. The number of aliphatic carboxylic acids is 1. The summed E-state index contributed by atoms with van der Waals surface area (Å²) in [6.07, 6.45) is 18.9. The van der Waals surface area contributed by atoms with Crippen LogP contribution in [0.1, 0.15) is 95.9 Å². The lowest BCUT2D eigenvalue weighted by atomic mass is 9.79. The molecule has 3 aromatic rings. The summed E-state index contributed by atoms with van der Waals surface area (Å²) in [7, 11) is 0. The zero-order chi connectivity index (χ0) is 28.3. The normalized spacial score (nSPS) is 24.7. The summed E-state index contributed by atoms with van der Waals surface area (Å²) in [5.74, 6) is -1.11. The topological polar surface area (TPSA) is 97.4 Å². The van der Waals surface area contributed by atoms with Crippen molar-refractivity contribution in [3.63, 3.8) is 0 Å². The first-order valence-corrected chi connectivity index (χ1v) is 15.7. The smallest absolute Gasteiger partial charge is 0.323 e. The van der Waals surface area contributed by atoms with Crippen molar-refractivity contribution >= 4 is 17.0 Å². The van der Waals surface area contributed by atoms with E-state index in [9.17, 15) is 19.5 Å². The molecule has 1 N–H and O–H groups in total. The predicted molar refractivity (Wildman–Crippen MR) is 160 cm³/mol. The number of nitrogens with zero attached hydrogens (tertiary/aromatic N) is 4. The molecule has 2 saturated heterocycles. The number of carbonyl (C=O) groups is 1. The molecule has 8 nitrogen and oxygen atoms in total. The SMILES string of the molecule is O=C(O)Cn1cccc(-c2nc3ccccc3n(C3C[C@H]4CCC[C@@H](C3)N4C3CCCCCCCCC3)c2=O)c1=O. The Bertz CT molecular complexity index is 1490. The molecule has 2 aromatic heterocycles. The summed E-state index contributed by atoms with van der Waals surface area (Å²) in [5.41, 5.74) is 0.965. The van der Waals surface area contributed by atoms with Gasteiger partial charge in [-0.25, -0.2) is 4.98 Å². The maximum Gasteiger partial charge on any atom is 0.323 e. The maximum atomic E-state index is 14.2. The van der Waals surface area contributed by atoms with Crippen molar-refractivity contribution in [2.75, 3.05) is 0 Å². The molecule has 0 radical (unpaired) electrons. The molecule has 2 bridgehead atoms. The van der Waals surface area contributed by atoms with Crippen molar-refractivity contribution in [3.05, 3.63) is 63.3 Å². The van der Waals surface area contributed by atoms with Gasteiger partial charge in [0.15, 0.2) is 0 Å². The van der Waals surface area contributed by atoms with Crippen LogP contribution >= 0.6 is 0 Å². The van der Waals surface area contributed by atoms with E-state index < -0.39 is 18.1 Å². The molecule has 6 rings (SSSR count). The highest BCUT2D eigenvalue weighted by atomic mass is 16.4. The molecule has 3 fully saturated rings. The second-order valence-corrected chi connectivity index (χ2v) is 12.4. The summed E-state index contributed by atoms with van der Waals surface area (Å²) in [6, 6.07) is 12.5. The van der Waals surface area contributed by atoms with E-state index in [2.05, 4.69) is 9.88 Å². The number of aromatic nitrogens is 3. The fourth-order valence-corrected chi connectivity index (χ4v) is 7.96. The van der Waals surface area contributed by atoms with Gasteiger partial charge in [-0.3, -0.25) is 19.3 Å². The van der Waals surface area contributed by atoms with Crippen LogP contribution in [0.4, 0.5) is 0 Å². The van der Waals surface area contributed by atoms with Crippen molar-refractivity contribution in [1.29, 1.82) is 0 Å². The molecule has 8 heteroatoms. The number of hydrogen-bond donors (Lipinski definition) is 1. The van der Waals surface area contributed by atoms with E-state index in [1.807, 2.05) is 28.8 Å². The number of carboxylic acids is 1. The molecule has 3 aliphatic rings. The van der Waals surface area contributed by atoms with E-state index in [0.717, 1.165) is 22.9 Å². The Morgan fingerprint density at radius 3 is 2.07 bits per heavy atom. The average molecular weight is 559 g/mol. The number of carboxylic acid groups (broad SMARTS) is 1.